The van der Waals surface area contributed by atoms with Gasteiger partial charge in [0.25, 0.3) is 5.91 Å². The van der Waals surface area contributed by atoms with Gasteiger partial charge in [-0.05, 0) is 64.2 Å². The normalized spacial score (nSPS) is 10.8. The summed E-state index contributed by atoms with van der Waals surface area (Å²) in [5.41, 5.74) is 4.44. The summed E-state index contributed by atoms with van der Waals surface area (Å²) in [6.45, 7) is 7.34. The summed E-state index contributed by atoms with van der Waals surface area (Å²) in [5.74, 6) is 0.237. The molecule has 128 valence electrons. The number of nitrogens with one attached hydrogen (secondary N) is 2. The van der Waals surface area contributed by atoms with Gasteiger partial charge in [-0.1, -0.05) is 6.07 Å². The Morgan fingerprint density at radius 3 is 2.50 bits per heavy atom. The molecule has 6 nitrogen and oxygen atoms in total. The first kappa shape index (κ1) is 17.9. The molecule has 1 heterocycles. The molecule has 0 aliphatic carbocycles. The van der Waals surface area contributed by atoms with Crippen molar-refractivity contribution in [3.8, 4) is 0 Å². The van der Waals surface area contributed by atoms with Gasteiger partial charge < -0.3 is 15.5 Å². The maximum absolute atomic E-state index is 12.2. The van der Waals surface area contributed by atoms with Crippen LogP contribution in [0.1, 0.15) is 27.3 Å². The van der Waals surface area contributed by atoms with E-state index in [2.05, 4.69) is 34.4 Å². The minimum atomic E-state index is -0.189. The first-order valence-corrected chi connectivity index (χ1v) is 7.98. The topological polar surface area (TPSA) is 70.2 Å². The molecular weight excluding hydrogens is 302 g/mol. The number of carbonyl (C=O) groups excluding carboxylic acids is 1. The van der Waals surface area contributed by atoms with E-state index in [0.717, 1.165) is 17.9 Å². The monoisotopic (exact) mass is 327 g/mol. The van der Waals surface area contributed by atoms with Crippen LogP contribution < -0.4 is 10.6 Å². The zero-order chi connectivity index (χ0) is 17.7. The van der Waals surface area contributed by atoms with Crippen LogP contribution in [-0.4, -0.2) is 48.0 Å². The SMILES string of the molecule is Cc1cc(C(=O)NCCN(C)C)nc(Nc2ccc(C)c(C)c2)n1. The zero-order valence-electron chi connectivity index (χ0n) is 15.0. The molecule has 2 aromatic rings. The van der Waals surface area contributed by atoms with E-state index in [9.17, 15) is 4.79 Å². The molecule has 0 bridgehead atoms. The first-order valence-electron chi connectivity index (χ1n) is 7.98. The summed E-state index contributed by atoms with van der Waals surface area (Å²) >= 11 is 0. The predicted molar refractivity (Wildman–Crippen MR) is 96.9 cm³/mol. The highest BCUT2D eigenvalue weighted by molar-refractivity contribution is 5.92. The molecule has 1 aromatic carbocycles. The summed E-state index contributed by atoms with van der Waals surface area (Å²) < 4.78 is 0. The number of aryl methyl sites for hydroxylation is 3. The highest BCUT2D eigenvalue weighted by Gasteiger charge is 2.10. The van der Waals surface area contributed by atoms with Gasteiger partial charge >= 0.3 is 0 Å². The molecule has 0 aliphatic rings. The molecule has 1 amide bonds. The van der Waals surface area contributed by atoms with Crippen LogP contribution in [0.25, 0.3) is 0 Å². The fourth-order valence-corrected chi connectivity index (χ4v) is 2.17. The van der Waals surface area contributed by atoms with Crippen molar-refractivity contribution in [2.75, 3.05) is 32.5 Å². The van der Waals surface area contributed by atoms with Crippen molar-refractivity contribution in [3.63, 3.8) is 0 Å². The van der Waals surface area contributed by atoms with Crippen molar-refractivity contribution < 1.29 is 4.79 Å². The molecule has 0 saturated carbocycles. The second-order valence-corrected chi connectivity index (χ2v) is 6.20. The molecular formula is C18H25N5O. The van der Waals surface area contributed by atoms with Gasteiger partial charge in [0.15, 0.2) is 0 Å². The molecule has 2 rings (SSSR count). The lowest BCUT2D eigenvalue weighted by Gasteiger charge is -2.12. The number of nitrogens with zero attached hydrogens (tertiary/aromatic N) is 3. The molecule has 24 heavy (non-hydrogen) atoms. The Labute approximate surface area is 143 Å². The molecule has 2 N–H and O–H groups in total. The lowest BCUT2D eigenvalue weighted by Crippen LogP contribution is -2.32. The minimum absolute atomic E-state index is 0.189. The Hall–Kier alpha value is -2.47. The van der Waals surface area contributed by atoms with E-state index in [1.807, 2.05) is 44.1 Å². The highest BCUT2D eigenvalue weighted by Crippen LogP contribution is 2.18. The summed E-state index contributed by atoms with van der Waals surface area (Å²) in [6, 6.07) is 7.75. The summed E-state index contributed by atoms with van der Waals surface area (Å²) in [5, 5.41) is 6.04. The van der Waals surface area contributed by atoms with Crippen LogP contribution in [0, 0.1) is 20.8 Å². The Balaban J connectivity index is 2.12. The van der Waals surface area contributed by atoms with Crippen LogP contribution in [0.3, 0.4) is 0 Å². The zero-order valence-corrected chi connectivity index (χ0v) is 15.0. The van der Waals surface area contributed by atoms with Crippen LogP contribution >= 0.6 is 0 Å². The number of hydrogen-bond acceptors (Lipinski definition) is 5. The van der Waals surface area contributed by atoms with Crippen LogP contribution in [0.2, 0.25) is 0 Å². The lowest BCUT2D eigenvalue weighted by atomic mass is 10.1. The van der Waals surface area contributed by atoms with Crippen molar-refractivity contribution >= 4 is 17.5 Å². The van der Waals surface area contributed by atoms with E-state index in [0.29, 0.717) is 18.2 Å². The number of carbonyl (C=O) groups is 1. The summed E-state index contributed by atoms with van der Waals surface area (Å²) in [4.78, 5) is 22.9. The number of aromatic nitrogens is 2. The quantitative estimate of drug-likeness (QED) is 0.853. The second-order valence-electron chi connectivity index (χ2n) is 6.20. The van der Waals surface area contributed by atoms with Gasteiger partial charge in [0.05, 0.1) is 0 Å². The van der Waals surface area contributed by atoms with Crippen molar-refractivity contribution in [1.29, 1.82) is 0 Å². The number of amides is 1. The van der Waals surface area contributed by atoms with Gasteiger partial charge in [-0.25, -0.2) is 9.97 Å². The molecule has 0 fully saturated rings. The van der Waals surface area contributed by atoms with E-state index < -0.39 is 0 Å². The molecule has 0 radical (unpaired) electrons. The van der Waals surface area contributed by atoms with Crippen LogP contribution in [0.5, 0.6) is 0 Å². The Morgan fingerprint density at radius 1 is 1.08 bits per heavy atom. The van der Waals surface area contributed by atoms with E-state index in [1.54, 1.807) is 6.07 Å². The van der Waals surface area contributed by atoms with E-state index in [-0.39, 0.29) is 5.91 Å². The van der Waals surface area contributed by atoms with Gasteiger partial charge in [0.2, 0.25) is 5.95 Å². The number of rotatable bonds is 6. The van der Waals surface area contributed by atoms with Crippen molar-refractivity contribution in [2.45, 2.75) is 20.8 Å². The fraction of sp³-hybridized carbons (Fsp3) is 0.389. The van der Waals surface area contributed by atoms with Crippen LogP contribution in [-0.2, 0) is 0 Å². The number of likely N-dealkylation sites (N-methyl/N-ethyl adjacent to an activating group) is 1. The van der Waals surface area contributed by atoms with Gasteiger partial charge in [0.1, 0.15) is 5.69 Å². The van der Waals surface area contributed by atoms with Crippen molar-refractivity contribution in [1.82, 2.24) is 20.2 Å². The Morgan fingerprint density at radius 2 is 1.83 bits per heavy atom. The average molecular weight is 327 g/mol. The molecule has 0 saturated heterocycles. The molecule has 0 aliphatic heterocycles. The molecule has 0 unspecified atom stereocenters. The molecule has 0 atom stereocenters. The smallest absolute Gasteiger partial charge is 0.270 e. The second kappa shape index (κ2) is 7.88. The highest BCUT2D eigenvalue weighted by atomic mass is 16.1. The maximum atomic E-state index is 12.2. The number of hydrogen-bond donors (Lipinski definition) is 2. The van der Waals surface area contributed by atoms with Crippen molar-refractivity contribution in [3.05, 3.63) is 46.8 Å². The van der Waals surface area contributed by atoms with Crippen LogP contribution in [0.15, 0.2) is 24.3 Å². The maximum Gasteiger partial charge on any atom is 0.270 e. The number of anilines is 2. The molecule has 1 aromatic heterocycles. The summed E-state index contributed by atoms with van der Waals surface area (Å²) in [6.07, 6.45) is 0. The minimum Gasteiger partial charge on any atom is -0.349 e. The van der Waals surface area contributed by atoms with Crippen molar-refractivity contribution in [2.24, 2.45) is 0 Å². The average Bonchev–Trinajstić information content (AvgIpc) is 2.50. The summed E-state index contributed by atoms with van der Waals surface area (Å²) in [7, 11) is 3.93. The third kappa shape index (κ3) is 5.03. The number of benzene rings is 1. The molecule has 0 spiro atoms. The van der Waals surface area contributed by atoms with Crippen LogP contribution in [0.4, 0.5) is 11.6 Å². The van der Waals surface area contributed by atoms with Gasteiger partial charge in [-0.2, -0.15) is 0 Å². The Bertz CT molecular complexity index is 727. The van der Waals surface area contributed by atoms with Gasteiger partial charge in [0, 0.05) is 24.5 Å². The van der Waals surface area contributed by atoms with E-state index >= 15 is 0 Å². The third-order valence-electron chi connectivity index (χ3n) is 3.69. The molecule has 6 heteroatoms. The van der Waals surface area contributed by atoms with E-state index in [4.69, 9.17) is 0 Å². The largest absolute Gasteiger partial charge is 0.349 e. The Kier molecular flexibility index (Phi) is 5.87. The van der Waals surface area contributed by atoms with Gasteiger partial charge in [-0.15, -0.1) is 0 Å². The third-order valence-corrected chi connectivity index (χ3v) is 3.69. The van der Waals surface area contributed by atoms with E-state index in [1.165, 1.54) is 11.1 Å². The lowest BCUT2D eigenvalue weighted by molar-refractivity contribution is 0.0946. The first-order chi connectivity index (χ1) is 11.3. The standard InChI is InChI=1S/C18H25N5O/c1-12-6-7-15(10-13(12)2)21-18-20-14(3)11-16(22-18)17(24)19-8-9-23(4)5/h6-7,10-11H,8-9H2,1-5H3,(H,19,24)(H,20,21,22). The fourth-order valence-electron chi connectivity index (χ4n) is 2.17. The predicted octanol–water partition coefficient (Wildman–Crippen LogP) is 2.44. The van der Waals surface area contributed by atoms with Gasteiger partial charge in [-0.3, -0.25) is 4.79 Å².